The van der Waals surface area contributed by atoms with Crippen LogP contribution in [0.5, 0.6) is 5.75 Å². The van der Waals surface area contributed by atoms with Crippen LogP contribution in [0.15, 0.2) is 54.6 Å². The number of hydrogen-bond acceptors (Lipinski definition) is 5. The first-order chi connectivity index (χ1) is 13.5. The van der Waals surface area contributed by atoms with E-state index in [-0.39, 0.29) is 12.0 Å². The van der Waals surface area contributed by atoms with Gasteiger partial charge in [0.15, 0.2) is 0 Å². The molecule has 1 aliphatic heterocycles. The van der Waals surface area contributed by atoms with E-state index in [1.165, 1.54) is 19.2 Å². The van der Waals surface area contributed by atoms with Gasteiger partial charge in [0.05, 0.1) is 7.11 Å². The van der Waals surface area contributed by atoms with Crippen LogP contribution < -0.4 is 20.7 Å². The first-order valence-corrected chi connectivity index (χ1v) is 8.62. The van der Waals surface area contributed by atoms with Gasteiger partial charge in [-0.1, -0.05) is 48.5 Å². The summed E-state index contributed by atoms with van der Waals surface area (Å²) in [5.41, 5.74) is -0.947. The second-order valence-corrected chi connectivity index (χ2v) is 6.21. The normalized spacial score (nSPS) is 15.4. The molecule has 8 heteroatoms. The molecule has 3 N–H and O–H groups in total. The van der Waals surface area contributed by atoms with Gasteiger partial charge >= 0.3 is 6.03 Å². The Morgan fingerprint density at radius 2 is 1.57 bits per heavy atom. The number of benzene rings is 2. The van der Waals surface area contributed by atoms with Crippen LogP contribution >= 0.6 is 0 Å². The van der Waals surface area contributed by atoms with Crippen molar-refractivity contribution in [1.82, 2.24) is 16.0 Å². The molecule has 1 saturated heterocycles. The fourth-order valence-corrected chi connectivity index (χ4v) is 3.09. The number of aryl methyl sites for hydroxylation is 1. The maximum atomic E-state index is 12.6. The molecule has 28 heavy (non-hydrogen) atoms. The van der Waals surface area contributed by atoms with E-state index in [4.69, 9.17) is 4.74 Å². The van der Waals surface area contributed by atoms with Crippen molar-refractivity contribution in [2.75, 3.05) is 7.11 Å². The zero-order chi connectivity index (χ0) is 20.1. The molecule has 0 radical (unpaired) electrons. The van der Waals surface area contributed by atoms with Crippen LogP contribution in [0.1, 0.15) is 17.5 Å². The highest BCUT2D eigenvalue weighted by molar-refractivity contribution is 6.23. The van der Waals surface area contributed by atoms with Crippen LogP contribution in [-0.2, 0) is 26.3 Å². The lowest BCUT2D eigenvalue weighted by Gasteiger charge is -2.34. The van der Waals surface area contributed by atoms with Gasteiger partial charge in [-0.25, -0.2) is 4.79 Å². The maximum absolute atomic E-state index is 12.6. The van der Waals surface area contributed by atoms with E-state index in [0.717, 1.165) is 5.56 Å². The summed E-state index contributed by atoms with van der Waals surface area (Å²) in [6, 6.07) is 14.4. The van der Waals surface area contributed by atoms with Gasteiger partial charge in [0, 0.05) is 6.42 Å². The molecular formula is C20H19N3O5. The summed E-state index contributed by atoms with van der Waals surface area (Å²) >= 11 is 0. The van der Waals surface area contributed by atoms with Crippen LogP contribution in [0, 0.1) is 0 Å². The van der Waals surface area contributed by atoms with Crippen LogP contribution in [-0.4, -0.2) is 30.9 Å². The van der Waals surface area contributed by atoms with Gasteiger partial charge in [0.1, 0.15) is 5.75 Å². The number of rotatable bonds is 6. The molecule has 0 atom stereocenters. The first-order valence-electron chi connectivity index (χ1n) is 8.62. The van der Waals surface area contributed by atoms with E-state index in [2.05, 4.69) is 16.0 Å². The molecule has 1 fully saturated rings. The highest BCUT2D eigenvalue weighted by Crippen LogP contribution is 2.25. The third-order valence-electron chi connectivity index (χ3n) is 4.48. The number of barbiturate groups is 1. The summed E-state index contributed by atoms with van der Waals surface area (Å²) in [5, 5.41) is 6.62. The van der Waals surface area contributed by atoms with Gasteiger partial charge < -0.3 is 10.1 Å². The van der Waals surface area contributed by atoms with Crippen molar-refractivity contribution in [3.63, 3.8) is 0 Å². The Kier molecular flexibility index (Phi) is 5.39. The monoisotopic (exact) mass is 381 g/mol. The number of carbonyl (C=O) groups is 4. The summed E-state index contributed by atoms with van der Waals surface area (Å²) in [5.74, 6) is -1.68. The van der Waals surface area contributed by atoms with Crippen molar-refractivity contribution < 1.29 is 23.9 Å². The molecule has 0 saturated carbocycles. The van der Waals surface area contributed by atoms with E-state index in [0.29, 0.717) is 12.2 Å². The second-order valence-electron chi connectivity index (χ2n) is 6.21. The fourth-order valence-electron chi connectivity index (χ4n) is 3.09. The lowest BCUT2D eigenvalue weighted by molar-refractivity contribution is -0.144. The van der Waals surface area contributed by atoms with Crippen LogP contribution in [0.2, 0.25) is 0 Å². The third-order valence-corrected chi connectivity index (χ3v) is 4.48. The summed E-state index contributed by atoms with van der Waals surface area (Å²) < 4.78 is 5.27. The van der Waals surface area contributed by atoms with Crippen molar-refractivity contribution in [2.24, 2.45) is 0 Å². The first kappa shape index (κ1) is 19.1. The minimum absolute atomic E-state index is 0.0173. The second kappa shape index (κ2) is 7.91. The molecule has 2 aromatic rings. The average molecular weight is 381 g/mol. The minimum atomic E-state index is -2.02. The predicted octanol–water partition coefficient (Wildman–Crippen LogP) is 1.01. The summed E-state index contributed by atoms with van der Waals surface area (Å²) in [6.45, 7) is 0. The number of hydrogen-bond donors (Lipinski definition) is 3. The summed E-state index contributed by atoms with van der Waals surface area (Å²) in [7, 11) is 1.54. The van der Waals surface area contributed by atoms with Crippen molar-refractivity contribution >= 4 is 23.8 Å². The molecule has 1 heterocycles. The molecule has 3 rings (SSSR count). The quantitative estimate of drug-likeness (QED) is 0.646. The van der Waals surface area contributed by atoms with Gasteiger partial charge in [-0.15, -0.1) is 0 Å². The molecule has 144 valence electrons. The van der Waals surface area contributed by atoms with Crippen molar-refractivity contribution in [3.8, 4) is 5.75 Å². The highest BCUT2D eigenvalue weighted by atomic mass is 16.5. The van der Waals surface area contributed by atoms with Crippen LogP contribution in [0.25, 0.3) is 0 Å². The highest BCUT2D eigenvalue weighted by Gasteiger charge is 2.53. The Hall–Kier alpha value is -3.68. The van der Waals surface area contributed by atoms with Crippen molar-refractivity contribution in [3.05, 3.63) is 65.7 Å². The van der Waals surface area contributed by atoms with Crippen LogP contribution in [0.3, 0.4) is 0 Å². The standard InChI is InChI=1S/C20H19N3O5/c1-28-15-10-6-5-7-13(15)11-12-16(24)23-20(14-8-3-2-4-9-14)17(25)21-19(27)22-18(20)26/h2-10H,11-12H2,1H3,(H,23,24)(H2,21,22,25,26,27). The molecule has 0 spiro atoms. The Labute approximate surface area is 161 Å². The third kappa shape index (κ3) is 3.57. The number of urea groups is 1. The lowest BCUT2D eigenvalue weighted by Crippen LogP contribution is -2.71. The SMILES string of the molecule is COc1ccccc1CCC(=O)NC1(c2ccccc2)C(=O)NC(=O)NC1=O. The molecule has 0 bridgehead atoms. The molecule has 5 amide bonds. The molecule has 0 aliphatic carbocycles. The molecule has 0 aromatic heterocycles. The van der Waals surface area contributed by atoms with Crippen molar-refractivity contribution in [1.29, 1.82) is 0 Å². The van der Waals surface area contributed by atoms with E-state index in [1.807, 2.05) is 18.2 Å². The topological polar surface area (TPSA) is 114 Å². The van der Waals surface area contributed by atoms with Gasteiger partial charge in [0.2, 0.25) is 11.4 Å². The van der Waals surface area contributed by atoms with E-state index in [1.54, 1.807) is 24.3 Å². The maximum Gasteiger partial charge on any atom is 0.328 e. The zero-order valence-corrected chi connectivity index (χ0v) is 15.2. The number of imide groups is 2. The number of para-hydroxylation sites is 1. The van der Waals surface area contributed by atoms with Crippen molar-refractivity contribution in [2.45, 2.75) is 18.4 Å². The van der Waals surface area contributed by atoms with E-state index in [9.17, 15) is 19.2 Å². The largest absolute Gasteiger partial charge is 0.496 e. The fraction of sp³-hybridized carbons (Fsp3) is 0.200. The molecule has 2 aromatic carbocycles. The molecule has 0 unspecified atom stereocenters. The number of ether oxygens (including phenoxy) is 1. The Morgan fingerprint density at radius 1 is 0.964 bits per heavy atom. The van der Waals surface area contributed by atoms with E-state index >= 15 is 0 Å². The smallest absolute Gasteiger partial charge is 0.328 e. The number of nitrogens with one attached hydrogen (secondary N) is 3. The van der Waals surface area contributed by atoms with Gasteiger partial charge in [0.25, 0.3) is 11.8 Å². The van der Waals surface area contributed by atoms with E-state index < -0.39 is 29.3 Å². The number of carbonyl (C=O) groups excluding carboxylic acids is 4. The molecular weight excluding hydrogens is 362 g/mol. The Balaban J connectivity index is 1.84. The number of amides is 5. The summed E-state index contributed by atoms with van der Waals surface area (Å²) in [4.78, 5) is 49.4. The van der Waals surface area contributed by atoms with Gasteiger partial charge in [-0.2, -0.15) is 0 Å². The average Bonchev–Trinajstić information content (AvgIpc) is 2.70. The minimum Gasteiger partial charge on any atom is -0.496 e. The van der Waals surface area contributed by atoms with Gasteiger partial charge in [-0.3, -0.25) is 25.0 Å². The molecule has 8 nitrogen and oxygen atoms in total. The van der Waals surface area contributed by atoms with Crippen LogP contribution in [0.4, 0.5) is 4.79 Å². The summed E-state index contributed by atoms with van der Waals surface area (Å²) in [6.07, 6.45) is 0.367. The van der Waals surface area contributed by atoms with Gasteiger partial charge in [-0.05, 0) is 23.6 Å². The predicted molar refractivity (Wildman–Crippen MR) is 99.3 cm³/mol. The zero-order valence-electron chi connectivity index (χ0n) is 15.2. The Morgan fingerprint density at radius 3 is 2.21 bits per heavy atom. The molecule has 1 aliphatic rings. The lowest BCUT2D eigenvalue weighted by atomic mass is 9.86. The number of methoxy groups -OCH3 is 1. The Bertz CT molecular complexity index is 906.